The van der Waals surface area contributed by atoms with E-state index in [1.165, 1.54) is 6.08 Å². The molecule has 6 heteroatoms. The number of rotatable bonds is 4. The van der Waals surface area contributed by atoms with E-state index in [1.807, 2.05) is 24.3 Å². The topological polar surface area (TPSA) is 37.4 Å². The Balaban J connectivity index is 1.60. The van der Waals surface area contributed by atoms with Crippen molar-refractivity contribution in [2.45, 2.75) is 12.8 Å². The number of halogens is 3. The molecular formula is C21H18BrF2NO2. The SMILES string of the molecule is O=C(c1cc(F)ccc1F)C1CCN(C(=O)/C=C/c2ccccc2Br)CC1. The Hall–Kier alpha value is -2.34. The summed E-state index contributed by atoms with van der Waals surface area (Å²) in [5.74, 6) is -2.28. The highest BCUT2D eigenvalue weighted by atomic mass is 79.9. The van der Waals surface area contributed by atoms with Crippen molar-refractivity contribution in [1.29, 1.82) is 0 Å². The van der Waals surface area contributed by atoms with Crippen LogP contribution in [0.1, 0.15) is 28.8 Å². The van der Waals surface area contributed by atoms with Crippen LogP contribution in [0.25, 0.3) is 6.08 Å². The maximum Gasteiger partial charge on any atom is 0.246 e. The van der Waals surface area contributed by atoms with Crippen LogP contribution in [0.4, 0.5) is 8.78 Å². The van der Waals surface area contributed by atoms with Gasteiger partial charge in [-0.3, -0.25) is 9.59 Å². The first-order chi connectivity index (χ1) is 13.0. The molecule has 0 N–H and O–H groups in total. The van der Waals surface area contributed by atoms with Crippen LogP contribution in [-0.4, -0.2) is 29.7 Å². The van der Waals surface area contributed by atoms with E-state index in [-0.39, 0.29) is 11.5 Å². The van der Waals surface area contributed by atoms with E-state index in [1.54, 1.807) is 11.0 Å². The van der Waals surface area contributed by atoms with Crippen LogP contribution < -0.4 is 0 Å². The van der Waals surface area contributed by atoms with Crippen molar-refractivity contribution < 1.29 is 18.4 Å². The molecule has 3 rings (SSSR count). The fourth-order valence-corrected chi connectivity index (χ4v) is 3.56. The van der Waals surface area contributed by atoms with Crippen LogP contribution in [0.15, 0.2) is 53.0 Å². The summed E-state index contributed by atoms with van der Waals surface area (Å²) in [4.78, 5) is 26.5. The van der Waals surface area contributed by atoms with Crippen molar-refractivity contribution in [3.63, 3.8) is 0 Å². The minimum atomic E-state index is -0.712. The second-order valence-electron chi connectivity index (χ2n) is 6.44. The number of Topliss-reactive ketones (excluding diaryl/α,β-unsaturated/α-hetero) is 1. The van der Waals surface area contributed by atoms with Gasteiger partial charge in [0.1, 0.15) is 11.6 Å². The molecular weight excluding hydrogens is 416 g/mol. The second-order valence-corrected chi connectivity index (χ2v) is 7.30. The van der Waals surface area contributed by atoms with Crippen molar-refractivity contribution in [2.75, 3.05) is 13.1 Å². The van der Waals surface area contributed by atoms with Crippen molar-refractivity contribution in [3.8, 4) is 0 Å². The van der Waals surface area contributed by atoms with E-state index in [0.717, 1.165) is 28.2 Å². The average Bonchev–Trinajstić information content (AvgIpc) is 2.68. The highest BCUT2D eigenvalue weighted by molar-refractivity contribution is 9.10. The number of piperidine rings is 1. The largest absolute Gasteiger partial charge is 0.339 e. The van der Waals surface area contributed by atoms with Gasteiger partial charge >= 0.3 is 0 Å². The maximum absolute atomic E-state index is 13.8. The highest BCUT2D eigenvalue weighted by Gasteiger charge is 2.28. The third-order valence-electron chi connectivity index (χ3n) is 4.68. The molecule has 2 aromatic rings. The number of carbonyl (C=O) groups is 2. The van der Waals surface area contributed by atoms with E-state index in [4.69, 9.17) is 0 Å². The molecule has 1 aliphatic rings. The first kappa shape index (κ1) is 19.4. The van der Waals surface area contributed by atoms with Gasteiger partial charge in [-0.15, -0.1) is 0 Å². The molecule has 1 aliphatic heterocycles. The standard InChI is InChI=1S/C21H18BrF2NO2/c22-18-4-2-1-3-14(18)5-8-20(26)25-11-9-15(10-12-25)21(27)17-13-16(23)6-7-19(17)24/h1-8,13,15H,9-12H2/b8-5+. The summed E-state index contributed by atoms with van der Waals surface area (Å²) >= 11 is 3.43. The summed E-state index contributed by atoms with van der Waals surface area (Å²) in [7, 11) is 0. The number of hydrogen-bond donors (Lipinski definition) is 0. The minimum Gasteiger partial charge on any atom is -0.339 e. The molecule has 0 spiro atoms. The Labute approximate surface area is 164 Å². The van der Waals surface area contributed by atoms with Gasteiger partial charge in [0.2, 0.25) is 5.91 Å². The Morgan fingerprint density at radius 3 is 2.48 bits per heavy atom. The van der Waals surface area contributed by atoms with Gasteiger partial charge in [0.15, 0.2) is 5.78 Å². The van der Waals surface area contributed by atoms with Crippen LogP contribution in [-0.2, 0) is 4.79 Å². The average molecular weight is 434 g/mol. The minimum absolute atomic E-state index is 0.131. The first-order valence-corrected chi connectivity index (χ1v) is 9.46. The normalized spacial score (nSPS) is 15.3. The fourth-order valence-electron chi connectivity index (χ4n) is 3.15. The Kier molecular flexibility index (Phi) is 6.16. The van der Waals surface area contributed by atoms with E-state index in [0.29, 0.717) is 25.9 Å². The summed E-state index contributed by atoms with van der Waals surface area (Å²) < 4.78 is 28.0. The van der Waals surface area contributed by atoms with E-state index < -0.39 is 23.3 Å². The number of benzene rings is 2. The third kappa shape index (κ3) is 4.69. The molecule has 0 unspecified atom stereocenters. The molecule has 0 aromatic heterocycles. The molecule has 3 nitrogen and oxygen atoms in total. The van der Waals surface area contributed by atoms with E-state index in [9.17, 15) is 18.4 Å². The third-order valence-corrected chi connectivity index (χ3v) is 5.40. The van der Waals surface area contributed by atoms with Crippen LogP contribution in [0, 0.1) is 17.6 Å². The predicted octanol–water partition coefficient (Wildman–Crippen LogP) is 4.86. The van der Waals surface area contributed by atoms with Gasteiger partial charge in [-0.2, -0.15) is 0 Å². The molecule has 1 saturated heterocycles. The van der Waals surface area contributed by atoms with Gasteiger partial charge in [-0.1, -0.05) is 34.1 Å². The lowest BCUT2D eigenvalue weighted by molar-refractivity contribution is -0.127. The lowest BCUT2D eigenvalue weighted by atomic mass is 9.88. The van der Waals surface area contributed by atoms with Crippen molar-refractivity contribution in [1.82, 2.24) is 4.90 Å². The van der Waals surface area contributed by atoms with Gasteiger partial charge in [0.05, 0.1) is 5.56 Å². The van der Waals surface area contributed by atoms with Crippen LogP contribution in [0.5, 0.6) is 0 Å². The summed E-state index contributed by atoms with van der Waals surface area (Å²) in [5, 5.41) is 0. The fraction of sp³-hybridized carbons (Fsp3) is 0.238. The molecule has 140 valence electrons. The van der Waals surface area contributed by atoms with Gasteiger partial charge in [-0.05, 0) is 48.7 Å². The quantitative estimate of drug-likeness (QED) is 0.509. The van der Waals surface area contributed by atoms with Crippen molar-refractivity contribution >= 4 is 33.7 Å². The van der Waals surface area contributed by atoms with Crippen molar-refractivity contribution in [3.05, 3.63) is 75.8 Å². The highest BCUT2D eigenvalue weighted by Crippen LogP contribution is 2.24. The van der Waals surface area contributed by atoms with Gasteiger partial charge in [-0.25, -0.2) is 8.78 Å². The molecule has 1 heterocycles. The molecule has 0 saturated carbocycles. The number of hydrogen-bond acceptors (Lipinski definition) is 2. The molecule has 0 atom stereocenters. The van der Waals surface area contributed by atoms with Crippen LogP contribution >= 0.6 is 15.9 Å². The molecule has 0 radical (unpaired) electrons. The zero-order chi connectivity index (χ0) is 19.4. The predicted molar refractivity (Wildman–Crippen MR) is 103 cm³/mol. The lowest BCUT2D eigenvalue weighted by Crippen LogP contribution is -2.39. The van der Waals surface area contributed by atoms with E-state index >= 15 is 0 Å². The van der Waals surface area contributed by atoms with Crippen LogP contribution in [0.2, 0.25) is 0 Å². The summed E-state index contributed by atoms with van der Waals surface area (Å²) in [6.07, 6.45) is 4.12. The smallest absolute Gasteiger partial charge is 0.246 e. The van der Waals surface area contributed by atoms with Gasteiger partial charge in [0, 0.05) is 29.6 Å². The molecule has 2 aromatic carbocycles. The molecule has 0 aliphatic carbocycles. The first-order valence-electron chi connectivity index (χ1n) is 8.66. The Morgan fingerprint density at radius 1 is 1.07 bits per heavy atom. The number of nitrogens with zero attached hydrogens (tertiary/aromatic N) is 1. The second kappa shape index (κ2) is 8.57. The number of likely N-dealkylation sites (tertiary alicyclic amines) is 1. The monoisotopic (exact) mass is 433 g/mol. The van der Waals surface area contributed by atoms with Crippen LogP contribution in [0.3, 0.4) is 0 Å². The summed E-state index contributed by atoms with van der Waals surface area (Å²) in [6.45, 7) is 0.818. The molecule has 27 heavy (non-hydrogen) atoms. The maximum atomic E-state index is 13.8. The molecule has 0 bridgehead atoms. The van der Waals surface area contributed by atoms with Gasteiger partial charge < -0.3 is 4.90 Å². The Morgan fingerprint density at radius 2 is 1.78 bits per heavy atom. The zero-order valence-electron chi connectivity index (χ0n) is 14.5. The Bertz CT molecular complexity index is 890. The van der Waals surface area contributed by atoms with E-state index in [2.05, 4.69) is 15.9 Å². The summed E-state index contributed by atoms with van der Waals surface area (Å²) in [5.41, 5.74) is 0.686. The molecule has 1 amide bonds. The molecule has 1 fully saturated rings. The summed E-state index contributed by atoms with van der Waals surface area (Å²) in [6, 6.07) is 10.5. The van der Waals surface area contributed by atoms with Crippen molar-refractivity contribution in [2.24, 2.45) is 5.92 Å². The number of ketones is 1. The lowest BCUT2D eigenvalue weighted by Gasteiger charge is -2.30. The zero-order valence-corrected chi connectivity index (χ0v) is 16.1. The number of carbonyl (C=O) groups excluding carboxylic acids is 2. The van der Waals surface area contributed by atoms with Gasteiger partial charge in [0.25, 0.3) is 0 Å². The number of amides is 1.